The highest BCUT2D eigenvalue weighted by atomic mass is 35.5. The van der Waals surface area contributed by atoms with Crippen molar-refractivity contribution >= 4 is 41.0 Å². The van der Waals surface area contributed by atoms with Gasteiger partial charge in [-0.3, -0.25) is 14.4 Å². The number of rotatable bonds is 12. The van der Waals surface area contributed by atoms with E-state index in [9.17, 15) is 19.2 Å². The summed E-state index contributed by atoms with van der Waals surface area (Å²) in [4.78, 5) is 51.5. The van der Waals surface area contributed by atoms with Gasteiger partial charge in [0.2, 0.25) is 17.6 Å². The third-order valence-electron chi connectivity index (χ3n) is 8.78. The topological polar surface area (TPSA) is 182 Å². The smallest absolute Gasteiger partial charge is 0.407 e. The van der Waals surface area contributed by atoms with Gasteiger partial charge in [-0.25, -0.2) is 4.79 Å². The van der Waals surface area contributed by atoms with Gasteiger partial charge in [-0.05, 0) is 118 Å². The lowest BCUT2D eigenvalue weighted by Gasteiger charge is -2.29. The summed E-state index contributed by atoms with van der Waals surface area (Å²) >= 11 is 6.50. The molecule has 3 amide bonds. The van der Waals surface area contributed by atoms with Crippen LogP contribution in [0, 0.1) is 17.8 Å². The van der Waals surface area contributed by atoms with Crippen LogP contribution in [0.2, 0.25) is 5.02 Å². The number of carbonyl (C=O) groups excluding carboxylic acids is 4. The average Bonchev–Trinajstić information content (AvgIpc) is 3.62. The highest BCUT2D eigenvalue weighted by molar-refractivity contribution is 6.33. The number of ketones is 1. The highest BCUT2D eigenvalue weighted by Gasteiger charge is 2.31. The van der Waals surface area contributed by atoms with Gasteiger partial charge in [0.25, 0.3) is 0 Å². The average molecular weight is 700 g/mol. The number of hydrogen-bond donors (Lipinski definition) is 4. The maximum absolute atomic E-state index is 13.9. The van der Waals surface area contributed by atoms with Crippen molar-refractivity contribution < 1.29 is 23.9 Å². The molecule has 1 aliphatic carbocycles. The molecule has 0 saturated heterocycles. The molecule has 50 heavy (non-hydrogen) atoms. The van der Waals surface area contributed by atoms with E-state index in [1.165, 1.54) is 0 Å². The number of tetrazole rings is 1. The Morgan fingerprint density at radius 3 is 2.38 bits per heavy atom. The molecule has 1 heterocycles. The molecule has 5 N–H and O–H groups in total. The second kappa shape index (κ2) is 16.1. The standard InChI is InChI=1S/C37H42ClN7O5/c1-37(2,3)50-36(49)40-21-22-7-9-24(10-8-22)32(46)20-28(35(48)41-29-14-11-25(12-15-29)34-42-44-45-43-34)18-23-5-4-6-26(17-23)30-19-27(33(39)47)13-16-31(30)38/h4-6,11-17,19,22,24,28H,7-10,18,20-21H2,1-3H3,(H2,39,47)(H,40,49)(H,41,48)(H,42,43,44,45)/t22?,24?,28-/m1/s1. The van der Waals surface area contributed by atoms with Crippen molar-refractivity contribution in [3.63, 3.8) is 0 Å². The van der Waals surface area contributed by atoms with E-state index in [1.54, 1.807) is 42.5 Å². The number of aromatic amines is 1. The number of benzene rings is 3. The van der Waals surface area contributed by atoms with Gasteiger partial charge >= 0.3 is 6.09 Å². The van der Waals surface area contributed by atoms with Crippen LogP contribution in [0.3, 0.4) is 0 Å². The number of aromatic nitrogens is 4. The van der Waals surface area contributed by atoms with Crippen LogP contribution in [0.1, 0.15) is 68.8 Å². The fraction of sp³-hybridized carbons (Fsp3) is 0.378. The minimum atomic E-state index is -0.659. The predicted molar refractivity (Wildman–Crippen MR) is 190 cm³/mol. The number of amides is 3. The SMILES string of the molecule is CC(C)(C)OC(=O)NCC1CCC(C(=O)C[C@@H](Cc2cccc(-c3cc(C(N)=O)ccc3Cl)c2)C(=O)Nc2ccc(-c3nn[nH]n3)cc2)CC1. The number of H-pyrrole nitrogens is 1. The van der Waals surface area contributed by atoms with E-state index in [0.717, 1.165) is 29.5 Å². The highest BCUT2D eigenvalue weighted by Crippen LogP contribution is 2.33. The molecule has 5 rings (SSSR count). The first kappa shape index (κ1) is 36.2. The van der Waals surface area contributed by atoms with Gasteiger partial charge in [-0.15, -0.1) is 10.2 Å². The van der Waals surface area contributed by atoms with E-state index in [1.807, 2.05) is 45.0 Å². The molecule has 262 valence electrons. The van der Waals surface area contributed by atoms with Crippen molar-refractivity contribution in [3.8, 4) is 22.5 Å². The number of nitrogens with one attached hydrogen (secondary N) is 3. The molecule has 4 aromatic rings. The summed E-state index contributed by atoms with van der Waals surface area (Å²) in [5, 5.41) is 20.3. The Bertz CT molecular complexity index is 1810. The van der Waals surface area contributed by atoms with Crippen LogP contribution in [0.4, 0.5) is 10.5 Å². The first-order valence-electron chi connectivity index (χ1n) is 16.7. The second-order valence-corrected chi connectivity index (χ2v) is 14.1. The minimum absolute atomic E-state index is 0.0458. The van der Waals surface area contributed by atoms with Crippen LogP contribution in [0.25, 0.3) is 22.5 Å². The van der Waals surface area contributed by atoms with Crippen molar-refractivity contribution in [1.82, 2.24) is 25.9 Å². The van der Waals surface area contributed by atoms with Crippen LogP contribution < -0.4 is 16.4 Å². The largest absolute Gasteiger partial charge is 0.444 e. The number of halogens is 1. The molecule has 0 radical (unpaired) electrons. The Morgan fingerprint density at radius 2 is 1.72 bits per heavy atom. The maximum atomic E-state index is 13.9. The third kappa shape index (κ3) is 9.97. The summed E-state index contributed by atoms with van der Waals surface area (Å²) < 4.78 is 5.34. The summed E-state index contributed by atoms with van der Waals surface area (Å²) in [6, 6.07) is 19.5. The first-order chi connectivity index (χ1) is 23.8. The number of carbonyl (C=O) groups is 4. The van der Waals surface area contributed by atoms with Gasteiger partial charge in [0.1, 0.15) is 11.4 Å². The van der Waals surface area contributed by atoms with E-state index >= 15 is 0 Å². The molecule has 1 aromatic heterocycles. The first-order valence-corrected chi connectivity index (χ1v) is 17.1. The number of hydrogen-bond acceptors (Lipinski definition) is 8. The molecule has 0 unspecified atom stereocenters. The van der Waals surface area contributed by atoms with Crippen molar-refractivity contribution in [1.29, 1.82) is 0 Å². The molecular formula is C37H42ClN7O5. The summed E-state index contributed by atoms with van der Waals surface area (Å²) in [5.74, 6) is -0.933. The summed E-state index contributed by atoms with van der Waals surface area (Å²) in [6.45, 7) is 5.96. The van der Waals surface area contributed by atoms with Crippen LogP contribution >= 0.6 is 11.6 Å². The van der Waals surface area contributed by atoms with E-state index < -0.39 is 23.5 Å². The number of nitrogens with two attached hydrogens (primary N) is 1. The lowest BCUT2D eigenvalue weighted by atomic mass is 9.77. The Balaban J connectivity index is 1.29. The quantitative estimate of drug-likeness (QED) is 0.131. The number of nitrogens with zero attached hydrogens (tertiary/aromatic N) is 3. The Labute approximate surface area is 295 Å². The molecular weight excluding hydrogens is 658 g/mol. The van der Waals surface area contributed by atoms with Gasteiger partial charge in [0, 0.05) is 52.2 Å². The van der Waals surface area contributed by atoms with E-state index in [2.05, 4.69) is 31.3 Å². The van der Waals surface area contributed by atoms with Gasteiger partial charge < -0.3 is 21.1 Å². The lowest BCUT2D eigenvalue weighted by Crippen LogP contribution is -2.37. The Hall–Kier alpha value is -5.10. The molecule has 3 aromatic carbocycles. The van der Waals surface area contributed by atoms with Crippen LogP contribution in [-0.4, -0.2) is 56.5 Å². The molecule has 1 atom stereocenters. The number of primary amides is 1. The zero-order valence-corrected chi connectivity index (χ0v) is 29.1. The zero-order valence-electron chi connectivity index (χ0n) is 28.4. The molecule has 1 fully saturated rings. The molecule has 0 spiro atoms. The monoisotopic (exact) mass is 699 g/mol. The van der Waals surface area contributed by atoms with Crippen molar-refractivity contribution in [3.05, 3.63) is 82.9 Å². The Kier molecular flexibility index (Phi) is 11.6. The van der Waals surface area contributed by atoms with Crippen molar-refractivity contribution in [2.24, 2.45) is 23.5 Å². The van der Waals surface area contributed by atoms with Gasteiger partial charge in [-0.2, -0.15) is 5.21 Å². The molecule has 1 aliphatic rings. The predicted octanol–water partition coefficient (Wildman–Crippen LogP) is 6.37. The van der Waals surface area contributed by atoms with Crippen LogP contribution in [0.5, 0.6) is 0 Å². The van der Waals surface area contributed by atoms with E-state index in [4.69, 9.17) is 22.1 Å². The summed E-state index contributed by atoms with van der Waals surface area (Å²) in [6.07, 6.45) is 2.90. The second-order valence-electron chi connectivity index (χ2n) is 13.7. The van der Waals surface area contributed by atoms with Crippen molar-refractivity contribution in [2.75, 3.05) is 11.9 Å². The lowest BCUT2D eigenvalue weighted by molar-refractivity contribution is -0.129. The van der Waals surface area contributed by atoms with E-state index in [-0.39, 0.29) is 29.9 Å². The van der Waals surface area contributed by atoms with Gasteiger partial charge in [-0.1, -0.05) is 35.9 Å². The number of alkyl carbamates (subject to hydrolysis) is 1. The van der Waals surface area contributed by atoms with Crippen molar-refractivity contribution in [2.45, 2.75) is 64.9 Å². The van der Waals surface area contributed by atoms with Crippen LogP contribution in [0.15, 0.2) is 66.7 Å². The minimum Gasteiger partial charge on any atom is -0.444 e. The molecule has 12 nitrogen and oxygen atoms in total. The number of Topliss-reactive ketones (excluding diaryl/α,β-unsaturated/α-hetero) is 1. The maximum Gasteiger partial charge on any atom is 0.407 e. The summed E-state index contributed by atoms with van der Waals surface area (Å²) in [5.41, 5.74) is 8.81. The third-order valence-corrected chi connectivity index (χ3v) is 9.11. The molecule has 0 aliphatic heterocycles. The number of ether oxygens (including phenoxy) is 1. The van der Waals surface area contributed by atoms with Gasteiger partial charge in [0.15, 0.2) is 0 Å². The Morgan fingerprint density at radius 1 is 0.980 bits per heavy atom. The summed E-state index contributed by atoms with van der Waals surface area (Å²) in [7, 11) is 0. The molecule has 1 saturated carbocycles. The zero-order chi connectivity index (χ0) is 35.8. The van der Waals surface area contributed by atoms with Gasteiger partial charge in [0.05, 0.1) is 0 Å². The normalized spacial score (nSPS) is 16.6. The fourth-order valence-corrected chi connectivity index (χ4v) is 6.41. The molecule has 0 bridgehead atoms. The fourth-order valence-electron chi connectivity index (χ4n) is 6.18. The molecule has 13 heteroatoms. The number of anilines is 1. The van der Waals surface area contributed by atoms with E-state index in [0.29, 0.717) is 53.5 Å². The van der Waals surface area contributed by atoms with Crippen LogP contribution in [-0.2, 0) is 20.7 Å².